The minimum Gasteiger partial charge on any atom is -0.474 e. The van der Waals surface area contributed by atoms with Gasteiger partial charge in [-0.25, -0.2) is 9.97 Å². The van der Waals surface area contributed by atoms with Gasteiger partial charge in [-0.15, -0.1) is 11.3 Å². The number of rotatable bonds is 5. The maximum absolute atomic E-state index is 10.5. The van der Waals surface area contributed by atoms with Crippen LogP contribution in [0.1, 0.15) is 61.8 Å². The molecule has 1 fully saturated rings. The molecule has 0 aromatic carbocycles. The third-order valence-corrected chi connectivity index (χ3v) is 7.33. The minimum atomic E-state index is -0.294. The fourth-order valence-corrected chi connectivity index (χ4v) is 5.79. The van der Waals surface area contributed by atoms with E-state index >= 15 is 0 Å². The first-order valence-electron chi connectivity index (χ1n) is 9.85. The summed E-state index contributed by atoms with van der Waals surface area (Å²) in [7, 11) is 4.32. The van der Waals surface area contributed by atoms with Crippen LogP contribution in [0.5, 0.6) is 5.88 Å². The lowest BCUT2D eigenvalue weighted by Gasteiger charge is -2.32. The second-order valence-corrected chi connectivity index (χ2v) is 9.01. The number of aromatic nitrogens is 2. The first-order valence-corrected chi connectivity index (χ1v) is 10.7. The van der Waals surface area contributed by atoms with Crippen molar-refractivity contribution in [2.45, 2.75) is 76.0 Å². The number of hydrogen-bond donors (Lipinski definition) is 1. The van der Waals surface area contributed by atoms with Crippen LogP contribution >= 0.6 is 11.3 Å². The average Bonchev–Trinajstić information content (AvgIpc) is 3.21. The Morgan fingerprint density at radius 1 is 1.23 bits per heavy atom. The number of hydrogen-bond acceptors (Lipinski definition) is 6. The van der Waals surface area contributed by atoms with Crippen LogP contribution in [-0.4, -0.2) is 52.3 Å². The molecule has 1 N–H and O–H groups in total. The van der Waals surface area contributed by atoms with Crippen molar-refractivity contribution in [3.8, 4) is 5.88 Å². The van der Waals surface area contributed by atoms with Crippen molar-refractivity contribution in [1.29, 1.82) is 0 Å². The Kier molecular flexibility index (Phi) is 5.17. The zero-order chi connectivity index (χ0) is 18.3. The number of aryl methyl sites for hydroxylation is 1. The lowest BCUT2D eigenvalue weighted by molar-refractivity contribution is 0.108. The van der Waals surface area contributed by atoms with Gasteiger partial charge in [-0.2, -0.15) is 0 Å². The summed E-state index contributed by atoms with van der Waals surface area (Å²) >= 11 is 1.75. The molecule has 4 rings (SSSR count). The molecule has 142 valence electrons. The van der Waals surface area contributed by atoms with Crippen molar-refractivity contribution < 1.29 is 9.84 Å². The minimum absolute atomic E-state index is 0.196. The molecule has 1 unspecified atom stereocenters. The van der Waals surface area contributed by atoms with Crippen molar-refractivity contribution in [2.75, 3.05) is 14.1 Å². The SMILES string of the molecule is CCC(O)[C@H]1CCc2sc3ncnc(OC4CCC(N(C)C)CC4)c3c21. The maximum Gasteiger partial charge on any atom is 0.225 e. The van der Waals surface area contributed by atoms with Gasteiger partial charge in [0.15, 0.2) is 0 Å². The number of aliphatic hydroxyl groups is 1. The van der Waals surface area contributed by atoms with Crippen molar-refractivity contribution in [3.63, 3.8) is 0 Å². The molecule has 2 aliphatic rings. The van der Waals surface area contributed by atoms with E-state index in [0.717, 1.165) is 48.2 Å². The van der Waals surface area contributed by atoms with E-state index in [2.05, 4.69) is 29.0 Å². The summed E-state index contributed by atoms with van der Waals surface area (Å²) in [6.07, 6.45) is 8.88. The van der Waals surface area contributed by atoms with Gasteiger partial charge in [0.25, 0.3) is 0 Å². The highest BCUT2D eigenvalue weighted by atomic mass is 32.1. The molecule has 2 aromatic heterocycles. The molecule has 1 saturated carbocycles. The number of aliphatic hydroxyl groups excluding tert-OH is 1. The highest BCUT2D eigenvalue weighted by Crippen LogP contribution is 2.47. The fraction of sp³-hybridized carbons (Fsp3) is 0.700. The van der Waals surface area contributed by atoms with Crippen molar-refractivity contribution >= 4 is 21.6 Å². The Hall–Kier alpha value is -1.24. The smallest absolute Gasteiger partial charge is 0.225 e. The Morgan fingerprint density at radius 3 is 2.69 bits per heavy atom. The van der Waals surface area contributed by atoms with E-state index in [-0.39, 0.29) is 18.1 Å². The molecular formula is C20H29N3O2S. The van der Waals surface area contributed by atoms with E-state index in [0.29, 0.717) is 6.04 Å². The molecular weight excluding hydrogens is 346 g/mol. The Morgan fingerprint density at radius 2 is 2.00 bits per heavy atom. The Balaban J connectivity index is 1.61. The van der Waals surface area contributed by atoms with Crippen LogP contribution in [0.2, 0.25) is 0 Å². The van der Waals surface area contributed by atoms with E-state index in [1.54, 1.807) is 17.7 Å². The van der Waals surface area contributed by atoms with Crippen LogP contribution in [-0.2, 0) is 6.42 Å². The second-order valence-electron chi connectivity index (χ2n) is 7.93. The third kappa shape index (κ3) is 3.23. The zero-order valence-corrected chi connectivity index (χ0v) is 16.8. The number of nitrogens with zero attached hydrogens (tertiary/aromatic N) is 3. The highest BCUT2D eigenvalue weighted by molar-refractivity contribution is 7.19. The molecule has 26 heavy (non-hydrogen) atoms. The summed E-state index contributed by atoms with van der Waals surface area (Å²) in [5.41, 5.74) is 1.26. The molecule has 0 aliphatic heterocycles. The van der Waals surface area contributed by atoms with E-state index in [1.807, 2.05) is 6.92 Å². The molecule has 0 radical (unpaired) electrons. The van der Waals surface area contributed by atoms with Gasteiger partial charge in [-0.3, -0.25) is 0 Å². The number of thiophene rings is 1. The number of fused-ring (bicyclic) bond motifs is 3. The van der Waals surface area contributed by atoms with Crippen molar-refractivity contribution in [2.24, 2.45) is 0 Å². The predicted octanol–water partition coefficient (Wildman–Crippen LogP) is 3.74. The van der Waals surface area contributed by atoms with Gasteiger partial charge in [-0.05, 0) is 64.6 Å². The molecule has 6 heteroatoms. The average molecular weight is 376 g/mol. The van der Waals surface area contributed by atoms with Crippen molar-refractivity contribution in [1.82, 2.24) is 14.9 Å². The van der Waals surface area contributed by atoms with Crippen LogP contribution in [0.25, 0.3) is 10.2 Å². The first-order chi connectivity index (χ1) is 12.6. The summed E-state index contributed by atoms with van der Waals surface area (Å²) in [5.74, 6) is 0.928. The monoisotopic (exact) mass is 375 g/mol. The summed E-state index contributed by atoms with van der Waals surface area (Å²) in [6, 6.07) is 0.662. The van der Waals surface area contributed by atoms with Crippen LogP contribution < -0.4 is 4.74 Å². The summed E-state index contributed by atoms with van der Waals surface area (Å²) in [5, 5.41) is 11.6. The predicted molar refractivity (Wildman–Crippen MR) is 105 cm³/mol. The molecule has 0 bridgehead atoms. The summed E-state index contributed by atoms with van der Waals surface area (Å²) < 4.78 is 6.40. The molecule has 2 heterocycles. The van der Waals surface area contributed by atoms with Gasteiger partial charge in [0.05, 0.1) is 11.5 Å². The lowest BCUT2D eigenvalue weighted by atomic mass is 9.92. The molecule has 0 amide bonds. The van der Waals surface area contributed by atoms with Crippen LogP contribution in [0.3, 0.4) is 0 Å². The van der Waals surface area contributed by atoms with E-state index in [4.69, 9.17) is 4.74 Å². The number of ether oxygens (including phenoxy) is 1. The molecule has 0 spiro atoms. The van der Waals surface area contributed by atoms with Crippen LogP contribution in [0.15, 0.2) is 6.33 Å². The molecule has 2 aromatic rings. The van der Waals surface area contributed by atoms with Crippen LogP contribution in [0, 0.1) is 0 Å². The van der Waals surface area contributed by atoms with E-state index in [1.165, 1.54) is 23.3 Å². The lowest BCUT2D eigenvalue weighted by Crippen LogP contribution is -2.35. The highest BCUT2D eigenvalue weighted by Gasteiger charge is 2.34. The second kappa shape index (κ2) is 7.41. The Bertz CT molecular complexity index is 768. The zero-order valence-electron chi connectivity index (χ0n) is 15.9. The van der Waals surface area contributed by atoms with E-state index < -0.39 is 0 Å². The van der Waals surface area contributed by atoms with Crippen LogP contribution in [0.4, 0.5) is 0 Å². The van der Waals surface area contributed by atoms with Gasteiger partial charge < -0.3 is 14.7 Å². The quantitative estimate of drug-likeness (QED) is 0.863. The third-order valence-electron chi connectivity index (χ3n) is 6.16. The molecule has 2 atom stereocenters. The standard InChI is InChI=1S/C20H29N3O2S/c1-4-15(24)14-9-10-16-17(14)18-19(21-11-22-20(18)26-16)25-13-7-5-12(6-8-13)23(2)3/h11-15,24H,4-10H2,1-3H3/t12?,13?,14-,15?/m1/s1. The largest absolute Gasteiger partial charge is 0.474 e. The topological polar surface area (TPSA) is 58.5 Å². The van der Waals surface area contributed by atoms with Gasteiger partial charge in [0, 0.05) is 16.8 Å². The molecule has 2 aliphatic carbocycles. The van der Waals surface area contributed by atoms with Gasteiger partial charge >= 0.3 is 0 Å². The first kappa shape index (κ1) is 18.1. The van der Waals surface area contributed by atoms with E-state index in [9.17, 15) is 5.11 Å². The summed E-state index contributed by atoms with van der Waals surface area (Å²) in [4.78, 5) is 13.7. The Labute approximate surface area is 159 Å². The van der Waals surface area contributed by atoms with Gasteiger partial charge in [-0.1, -0.05) is 6.92 Å². The van der Waals surface area contributed by atoms with Gasteiger partial charge in [0.1, 0.15) is 17.3 Å². The normalized spacial score (nSPS) is 27.0. The molecule has 0 saturated heterocycles. The van der Waals surface area contributed by atoms with Gasteiger partial charge in [0.2, 0.25) is 5.88 Å². The van der Waals surface area contributed by atoms with Crippen molar-refractivity contribution in [3.05, 3.63) is 16.8 Å². The summed E-state index contributed by atoms with van der Waals surface area (Å²) in [6.45, 7) is 2.05. The molecule has 5 nitrogen and oxygen atoms in total. The fourth-order valence-electron chi connectivity index (χ4n) is 4.58. The maximum atomic E-state index is 10.5.